The van der Waals surface area contributed by atoms with E-state index in [2.05, 4.69) is 47.1 Å². The normalized spacial score (nSPS) is 12.4. The highest BCUT2D eigenvalue weighted by Crippen LogP contribution is 2.27. The second-order valence-corrected chi connectivity index (χ2v) is 6.52. The fourth-order valence-corrected chi connectivity index (χ4v) is 3.75. The van der Waals surface area contributed by atoms with Crippen molar-refractivity contribution in [1.29, 1.82) is 0 Å². The van der Waals surface area contributed by atoms with Crippen LogP contribution in [0, 0.1) is 0 Å². The third kappa shape index (κ3) is 2.93. The van der Waals surface area contributed by atoms with Crippen LogP contribution < -0.4 is 11.1 Å². The molecule has 2 nitrogen and oxygen atoms in total. The summed E-state index contributed by atoms with van der Waals surface area (Å²) in [6.45, 7) is 0.793. The number of hydrogen-bond acceptors (Lipinski definition) is 4. The van der Waals surface area contributed by atoms with Crippen molar-refractivity contribution in [2.24, 2.45) is 0 Å². The largest absolute Gasteiger partial charge is 0.398 e. The minimum absolute atomic E-state index is 0.220. The number of thiophene rings is 2. The van der Waals surface area contributed by atoms with E-state index in [1.807, 2.05) is 17.5 Å². The van der Waals surface area contributed by atoms with Crippen LogP contribution in [0.4, 0.5) is 5.69 Å². The fourth-order valence-electron chi connectivity index (χ4n) is 2.17. The number of nitrogens with one attached hydrogen (secondary N) is 1. The van der Waals surface area contributed by atoms with Gasteiger partial charge in [-0.05, 0) is 28.5 Å². The van der Waals surface area contributed by atoms with Crippen molar-refractivity contribution in [3.8, 4) is 0 Å². The molecule has 0 fully saturated rings. The van der Waals surface area contributed by atoms with Crippen LogP contribution in [-0.2, 0) is 6.54 Å². The smallest absolute Gasteiger partial charge is 0.0673 e. The zero-order valence-electron chi connectivity index (χ0n) is 11.0. The summed E-state index contributed by atoms with van der Waals surface area (Å²) in [5.41, 5.74) is 8.12. The lowest BCUT2D eigenvalue weighted by atomic mass is 10.1. The van der Waals surface area contributed by atoms with E-state index >= 15 is 0 Å². The molecule has 0 aliphatic heterocycles. The molecule has 2 heterocycles. The van der Waals surface area contributed by atoms with Crippen molar-refractivity contribution in [3.63, 3.8) is 0 Å². The molecule has 1 unspecified atom stereocenters. The lowest BCUT2D eigenvalue weighted by Crippen LogP contribution is -2.21. The van der Waals surface area contributed by atoms with Gasteiger partial charge in [0.25, 0.3) is 0 Å². The molecule has 0 saturated carbocycles. The van der Waals surface area contributed by atoms with E-state index < -0.39 is 0 Å². The SMILES string of the molecule is Nc1ccsc1CNC(c1ccccc1)c1cccs1. The highest BCUT2D eigenvalue weighted by atomic mass is 32.1. The Morgan fingerprint density at radius 2 is 1.80 bits per heavy atom. The number of anilines is 1. The third-order valence-corrected chi connectivity index (χ3v) is 5.08. The summed E-state index contributed by atoms with van der Waals surface area (Å²) < 4.78 is 0. The zero-order valence-corrected chi connectivity index (χ0v) is 12.6. The minimum atomic E-state index is 0.220. The highest BCUT2D eigenvalue weighted by Gasteiger charge is 2.15. The Kier molecular flexibility index (Phi) is 4.16. The van der Waals surface area contributed by atoms with Gasteiger partial charge in [0.2, 0.25) is 0 Å². The van der Waals surface area contributed by atoms with E-state index in [1.165, 1.54) is 15.3 Å². The molecule has 2 aromatic heterocycles. The molecule has 3 N–H and O–H groups in total. The maximum Gasteiger partial charge on any atom is 0.0673 e. The van der Waals surface area contributed by atoms with Gasteiger partial charge in [-0.1, -0.05) is 36.4 Å². The molecule has 0 amide bonds. The zero-order chi connectivity index (χ0) is 13.8. The average Bonchev–Trinajstić information content (AvgIpc) is 3.13. The van der Waals surface area contributed by atoms with Crippen LogP contribution >= 0.6 is 22.7 Å². The monoisotopic (exact) mass is 300 g/mol. The van der Waals surface area contributed by atoms with Crippen LogP contribution in [0.2, 0.25) is 0 Å². The van der Waals surface area contributed by atoms with E-state index in [1.54, 1.807) is 22.7 Å². The van der Waals surface area contributed by atoms with Crippen molar-refractivity contribution < 1.29 is 0 Å². The number of rotatable bonds is 5. The van der Waals surface area contributed by atoms with Crippen molar-refractivity contribution in [2.75, 3.05) is 5.73 Å². The molecule has 0 saturated heterocycles. The summed E-state index contributed by atoms with van der Waals surface area (Å²) in [6.07, 6.45) is 0. The van der Waals surface area contributed by atoms with Crippen LogP contribution in [-0.4, -0.2) is 0 Å². The van der Waals surface area contributed by atoms with Gasteiger partial charge in [-0.3, -0.25) is 0 Å². The predicted octanol–water partition coefficient (Wildman–Crippen LogP) is 4.27. The number of benzene rings is 1. The Hall–Kier alpha value is -1.62. The fraction of sp³-hybridized carbons (Fsp3) is 0.125. The average molecular weight is 300 g/mol. The summed E-state index contributed by atoms with van der Waals surface area (Å²) in [5.74, 6) is 0. The topological polar surface area (TPSA) is 38.0 Å². The summed E-state index contributed by atoms with van der Waals surface area (Å²) in [6, 6.07) is 17.0. The Labute approximate surface area is 126 Å². The van der Waals surface area contributed by atoms with Crippen LogP contribution in [0.5, 0.6) is 0 Å². The molecular weight excluding hydrogens is 284 g/mol. The van der Waals surface area contributed by atoms with Gasteiger partial charge in [0.15, 0.2) is 0 Å². The highest BCUT2D eigenvalue weighted by molar-refractivity contribution is 7.10. The summed E-state index contributed by atoms with van der Waals surface area (Å²) in [4.78, 5) is 2.52. The molecule has 102 valence electrons. The maximum atomic E-state index is 5.96. The molecule has 3 rings (SSSR count). The molecule has 3 aromatic rings. The lowest BCUT2D eigenvalue weighted by molar-refractivity contribution is 0.619. The van der Waals surface area contributed by atoms with Gasteiger partial charge in [-0.25, -0.2) is 0 Å². The molecule has 20 heavy (non-hydrogen) atoms. The summed E-state index contributed by atoms with van der Waals surface area (Å²) in [5, 5.41) is 7.78. The van der Waals surface area contributed by atoms with E-state index in [4.69, 9.17) is 5.73 Å². The Balaban J connectivity index is 1.82. The second-order valence-electron chi connectivity index (χ2n) is 4.54. The molecule has 0 radical (unpaired) electrons. The summed E-state index contributed by atoms with van der Waals surface area (Å²) >= 11 is 3.48. The van der Waals surface area contributed by atoms with Gasteiger partial charge >= 0.3 is 0 Å². The van der Waals surface area contributed by atoms with Crippen LogP contribution in [0.15, 0.2) is 59.3 Å². The Morgan fingerprint density at radius 1 is 0.950 bits per heavy atom. The molecule has 4 heteroatoms. The molecule has 0 aliphatic rings. The number of nitrogens with two attached hydrogens (primary N) is 1. The van der Waals surface area contributed by atoms with Crippen molar-refractivity contribution in [1.82, 2.24) is 5.32 Å². The summed E-state index contributed by atoms with van der Waals surface area (Å²) in [7, 11) is 0. The van der Waals surface area contributed by atoms with Gasteiger partial charge in [-0.2, -0.15) is 0 Å². The van der Waals surface area contributed by atoms with Gasteiger partial charge in [0.05, 0.1) is 6.04 Å². The number of nitrogen functional groups attached to an aromatic ring is 1. The first-order valence-electron chi connectivity index (χ1n) is 6.48. The van der Waals surface area contributed by atoms with Gasteiger partial charge in [0, 0.05) is 22.0 Å². The lowest BCUT2D eigenvalue weighted by Gasteiger charge is -2.18. The first-order valence-corrected chi connectivity index (χ1v) is 8.24. The Bertz CT molecular complexity index is 644. The predicted molar refractivity (Wildman–Crippen MR) is 88.2 cm³/mol. The minimum Gasteiger partial charge on any atom is -0.398 e. The van der Waals surface area contributed by atoms with Gasteiger partial charge in [-0.15, -0.1) is 22.7 Å². The second kappa shape index (κ2) is 6.22. The van der Waals surface area contributed by atoms with Gasteiger partial charge < -0.3 is 11.1 Å². The first kappa shape index (κ1) is 13.4. The van der Waals surface area contributed by atoms with Crippen molar-refractivity contribution in [2.45, 2.75) is 12.6 Å². The Morgan fingerprint density at radius 3 is 2.45 bits per heavy atom. The molecule has 1 aromatic carbocycles. The van der Waals surface area contributed by atoms with Crippen LogP contribution in [0.3, 0.4) is 0 Å². The third-order valence-electron chi connectivity index (χ3n) is 3.21. The van der Waals surface area contributed by atoms with Crippen LogP contribution in [0.25, 0.3) is 0 Å². The molecule has 0 aliphatic carbocycles. The van der Waals surface area contributed by atoms with Gasteiger partial charge in [0.1, 0.15) is 0 Å². The van der Waals surface area contributed by atoms with Crippen molar-refractivity contribution in [3.05, 3.63) is 74.6 Å². The first-order chi connectivity index (χ1) is 9.84. The standard InChI is InChI=1S/C16H16N2S2/c17-13-8-10-20-15(13)11-18-16(14-7-4-9-19-14)12-5-2-1-3-6-12/h1-10,16,18H,11,17H2. The molecule has 0 bridgehead atoms. The molecular formula is C16H16N2S2. The van der Waals surface area contributed by atoms with Crippen LogP contribution in [0.1, 0.15) is 21.4 Å². The maximum absolute atomic E-state index is 5.96. The molecule has 0 spiro atoms. The van der Waals surface area contributed by atoms with E-state index in [-0.39, 0.29) is 6.04 Å². The number of hydrogen-bond donors (Lipinski definition) is 2. The van der Waals surface area contributed by atoms with E-state index in [0.717, 1.165) is 12.2 Å². The van der Waals surface area contributed by atoms with E-state index in [9.17, 15) is 0 Å². The molecule has 1 atom stereocenters. The van der Waals surface area contributed by atoms with E-state index in [0.29, 0.717) is 0 Å². The quantitative estimate of drug-likeness (QED) is 0.738. The van der Waals surface area contributed by atoms with Crippen molar-refractivity contribution >= 4 is 28.4 Å².